The number of hydrogen-bond acceptors (Lipinski definition) is 4. The number of hydrogen-bond donors (Lipinski definition) is 1. The van der Waals surface area contributed by atoms with Gasteiger partial charge in [-0.05, 0) is 99.8 Å². The highest BCUT2D eigenvalue weighted by Crippen LogP contribution is 2.67. The summed E-state index contributed by atoms with van der Waals surface area (Å²) in [6.45, 7) is 8.64. The van der Waals surface area contributed by atoms with Crippen LogP contribution in [0.25, 0.3) is 0 Å². The molecule has 0 aromatic carbocycles. The van der Waals surface area contributed by atoms with Crippen molar-refractivity contribution < 1.29 is 9.63 Å². The van der Waals surface area contributed by atoms with Gasteiger partial charge >= 0.3 is 6.09 Å². The molecular weight excluding hydrogens is 386 g/mol. The average Bonchev–Trinajstić information content (AvgIpc) is 3.12. The molecule has 1 amide bonds. The summed E-state index contributed by atoms with van der Waals surface area (Å²) >= 11 is 0. The van der Waals surface area contributed by atoms with Crippen LogP contribution in [0.1, 0.15) is 85.0 Å². The lowest BCUT2D eigenvalue weighted by molar-refractivity contribution is -0.106. The van der Waals surface area contributed by atoms with Gasteiger partial charge in [0.2, 0.25) is 0 Å². The number of nitrogens with zero attached hydrogens (tertiary/aromatic N) is 2. The molecule has 4 saturated carbocycles. The van der Waals surface area contributed by atoms with E-state index in [0.29, 0.717) is 23.3 Å². The van der Waals surface area contributed by atoms with Gasteiger partial charge in [0, 0.05) is 26.1 Å². The van der Waals surface area contributed by atoms with E-state index in [1.807, 2.05) is 7.05 Å². The van der Waals surface area contributed by atoms with E-state index < -0.39 is 0 Å². The second-order valence-corrected chi connectivity index (χ2v) is 11.7. The Morgan fingerprint density at radius 2 is 1.81 bits per heavy atom. The van der Waals surface area contributed by atoms with Crippen LogP contribution in [0.2, 0.25) is 0 Å². The second-order valence-electron chi connectivity index (χ2n) is 11.7. The summed E-state index contributed by atoms with van der Waals surface area (Å²) in [7, 11) is 3.65. The Bertz CT molecular complexity index is 694. The van der Waals surface area contributed by atoms with Crippen LogP contribution in [0.15, 0.2) is 5.16 Å². The molecule has 7 atom stereocenters. The average molecular weight is 432 g/mol. The SMILES string of the molecule is CNCCN(C)C(=O)O/N=C(\C)C1CCC2C3CCC4CCCCC4(C)C3CCC12C. The number of carbonyl (C=O) groups is 1. The molecule has 4 rings (SSSR count). The molecule has 1 N–H and O–H groups in total. The maximum atomic E-state index is 12.3. The van der Waals surface area contributed by atoms with E-state index in [4.69, 9.17) is 4.84 Å². The van der Waals surface area contributed by atoms with Crippen molar-refractivity contribution in [3.05, 3.63) is 0 Å². The van der Waals surface area contributed by atoms with E-state index in [0.717, 1.165) is 35.9 Å². The Labute approximate surface area is 189 Å². The lowest BCUT2D eigenvalue weighted by atomic mass is 9.45. The molecule has 0 saturated heterocycles. The summed E-state index contributed by atoms with van der Waals surface area (Å²) in [5.41, 5.74) is 1.94. The first-order valence-corrected chi connectivity index (χ1v) is 12.9. The van der Waals surface area contributed by atoms with Crippen LogP contribution in [0.4, 0.5) is 4.79 Å². The van der Waals surface area contributed by atoms with Crippen molar-refractivity contribution in [1.82, 2.24) is 10.2 Å². The van der Waals surface area contributed by atoms with Crippen molar-refractivity contribution in [3.8, 4) is 0 Å². The van der Waals surface area contributed by atoms with Crippen LogP contribution in [0.5, 0.6) is 0 Å². The lowest BCUT2D eigenvalue weighted by Gasteiger charge is -2.60. The standard InChI is InChI=1S/C26H45N3O2/c1-18(28-31-24(30)29(5)17-16-27-4)21-11-12-22-20-10-9-19-8-6-7-14-25(19,2)23(20)13-15-26(21,22)3/h19-23,27H,6-17H2,1-5H3/b28-18+. The minimum absolute atomic E-state index is 0.317. The van der Waals surface area contributed by atoms with Crippen LogP contribution in [0, 0.1) is 40.4 Å². The Morgan fingerprint density at radius 3 is 2.58 bits per heavy atom. The summed E-state index contributed by atoms with van der Waals surface area (Å²) in [6, 6.07) is 0. The molecule has 5 heteroatoms. The number of rotatable bonds is 5. The molecule has 4 aliphatic carbocycles. The predicted octanol–water partition coefficient (Wildman–Crippen LogP) is 5.70. The number of nitrogens with one attached hydrogen (secondary N) is 1. The highest BCUT2D eigenvalue weighted by Gasteiger charge is 2.60. The fourth-order valence-electron chi connectivity index (χ4n) is 8.60. The van der Waals surface area contributed by atoms with E-state index in [-0.39, 0.29) is 6.09 Å². The number of amides is 1. The smallest absolute Gasteiger partial charge is 0.318 e. The van der Waals surface area contributed by atoms with Crippen molar-refractivity contribution >= 4 is 11.8 Å². The molecular formula is C26H45N3O2. The van der Waals surface area contributed by atoms with Gasteiger partial charge in [-0.15, -0.1) is 0 Å². The molecule has 0 radical (unpaired) electrons. The first-order valence-electron chi connectivity index (χ1n) is 12.9. The van der Waals surface area contributed by atoms with Crippen molar-refractivity contribution in [2.24, 2.45) is 45.6 Å². The Hall–Kier alpha value is -1.10. The third-order valence-electron chi connectivity index (χ3n) is 10.4. The summed E-state index contributed by atoms with van der Waals surface area (Å²) in [5, 5.41) is 7.42. The Kier molecular flexibility index (Phi) is 6.72. The summed E-state index contributed by atoms with van der Waals surface area (Å²) in [6.07, 6.45) is 13.6. The topological polar surface area (TPSA) is 53.9 Å². The first-order chi connectivity index (χ1) is 14.8. The van der Waals surface area contributed by atoms with E-state index in [9.17, 15) is 4.79 Å². The third kappa shape index (κ3) is 4.05. The highest BCUT2D eigenvalue weighted by atomic mass is 16.7. The van der Waals surface area contributed by atoms with Gasteiger partial charge in [-0.3, -0.25) is 4.84 Å². The van der Waals surface area contributed by atoms with Crippen molar-refractivity contribution in [1.29, 1.82) is 0 Å². The quantitative estimate of drug-likeness (QED) is 0.345. The predicted molar refractivity (Wildman–Crippen MR) is 126 cm³/mol. The van der Waals surface area contributed by atoms with Gasteiger partial charge in [-0.2, -0.15) is 0 Å². The van der Waals surface area contributed by atoms with Gasteiger partial charge < -0.3 is 10.2 Å². The van der Waals surface area contributed by atoms with Crippen LogP contribution >= 0.6 is 0 Å². The molecule has 0 aliphatic heterocycles. The molecule has 0 aromatic heterocycles. The third-order valence-corrected chi connectivity index (χ3v) is 10.4. The largest absolute Gasteiger partial charge is 0.435 e. The fourth-order valence-corrected chi connectivity index (χ4v) is 8.60. The van der Waals surface area contributed by atoms with Crippen molar-refractivity contribution in [2.45, 2.75) is 85.0 Å². The van der Waals surface area contributed by atoms with Gasteiger partial charge in [0.15, 0.2) is 0 Å². The first kappa shape index (κ1) is 23.1. The van der Waals surface area contributed by atoms with E-state index in [1.54, 1.807) is 11.9 Å². The van der Waals surface area contributed by atoms with Gasteiger partial charge in [0.25, 0.3) is 0 Å². The van der Waals surface area contributed by atoms with Crippen molar-refractivity contribution in [2.75, 3.05) is 27.2 Å². The van der Waals surface area contributed by atoms with Crippen LogP contribution < -0.4 is 5.32 Å². The molecule has 7 unspecified atom stereocenters. The molecule has 176 valence electrons. The normalized spacial score (nSPS) is 42.4. The van der Waals surface area contributed by atoms with Gasteiger partial charge in [0.1, 0.15) is 0 Å². The molecule has 4 aliphatic rings. The van der Waals surface area contributed by atoms with Crippen LogP contribution in [0.3, 0.4) is 0 Å². The number of fused-ring (bicyclic) bond motifs is 5. The fraction of sp³-hybridized carbons (Fsp3) is 0.923. The summed E-state index contributed by atoms with van der Waals surface area (Å²) < 4.78 is 0. The van der Waals surface area contributed by atoms with Gasteiger partial charge in [-0.1, -0.05) is 31.8 Å². The molecule has 4 fully saturated rings. The molecule has 0 spiro atoms. The highest BCUT2D eigenvalue weighted by molar-refractivity contribution is 5.85. The lowest BCUT2D eigenvalue weighted by Crippen LogP contribution is -2.53. The van der Waals surface area contributed by atoms with Gasteiger partial charge in [0.05, 0.1) is 5.71 Å². The molecule has 0 bridgehead atoms. The van der Waals surface area contributed by atoms with Crippen molar-refractivity contribution in [3.63, 3.8) is 0 Å². The molecule has 31 heavy (non-hydrogen) atoms. The summed E-state index contributed by atoms with van der Waals surface area (Å²) in [4.78, 5) is 19.2. The number of carbonyl (C=O) groups excluding carboxylic acids is 1. The Balaban J connectivity index is 1.44. The maximum Gasteiger partial charge on any atom is 0.435 e. The zero-order valence-electron chi connectivity index (χ0n) is 20.6. The number of oxime groups is 1. The zero-order valence-corrected chi connectivity index (χ0v) is 20.6. The monoisotopic (exact) mass is 431 g/mol. The molecule has 5 nitrogen and oxygen atoms in total. The maximum absolute atomic E-state index is 12.3. The molecule has 0 aromatic rings. The Morgan fingerprint density at radius 1 is 1.03 bits per heavy atom. The minimum atomic E-state index is -0.360. The summed E-state index contributed by atoms with van der Waals surface area (Å²) in [5.74, 6) is 4.07. The van der Waals surface area contributed by atoms with Gasteiger partial charge in [-0.25, -0.2) is 4.79 Å². The number of likely N-dealkylation sites (N-methyl/N-ethyl adjacent to an activating group) is 2. The van der Waals surface area contributed by atoms with Crippen LogP contribution in [-0.2, 0) is 4.84 Å². The second kappa shape index (κ2) is 9.03. The zero-order chi connectivity index (χ0) is 22.2. The van der Waals surface area contributed by atoms with Crippen LogP contribution in [-0.4, -0.2) is 43.9 Å². The molecule has 0 heterocycles. The van der Waals surface area contributed by atoms with E-state index >= 15 is 0 Å². The minimum Gasteiger partial charge on any atom is -0.318 e. The van der Waals surface area contributed by atoms with E-state index in [2.05, 4.69) is 31.2 Å². The van der Waals surface area contributed by atoms with E-state index in [1.165, 1.54) is 64.2 Å².